The molecule has 32 heavy (non-hydrogen) atoms. The summed E-state index contributed by atoms with van der Waals surface area (Å²) < 4.78 is 16.6. The summed E-state index contributed by atoms with van der Waals surface area (Å²) in [4.78, 5) is 13.0. The molecule has 0 atom stereocenters. The average Bonchev–Trinajstić information content (AvgIpc) is 3.35. The summed E-state index contributed by atoms with van der Waals surface area (Å²) in [6.45, 7) is -0.279. The van der Waals surface area contributed by atoms with Crippen LogP contribution in [-0.2, 0) is 0 Å². The van der Waals surface area contributed by atoms with E-state index in [-0.39, 0.29) is 42.2 Å². The van der Waals surface area contributed by atoms with Crippen molar-refractivity contribution in [1.29, 1.82) is 0 Å². The molecule has 4 aromatic rings. The molecule has 1 aromatic carbocycles. The lowest BCUT2D eigenvalue weighted by atomic mass is 10.2. The van der Waals surface area contributed by atoms with Crippen LogP contribution in [0.15, 0.2) is 36.5 Å². The van der Waals surface area contributed by atoms with Gasteiger partial charge in [0.15, 0.2) is 11.6 Å². The van der Waals surface area contributed by atoms with Gasteiger partial charge in [-0.25, -0.2) is 4.98 Å². The number of methoxy groups -OCH3 is 1. The van der Waals surface area contributed by atoms with E-state index in [0.29, 0.717) is 27.9 Å². The van der Waals surface area contributed by atoms with Crippen molar-refractivity contribution in [3.8, 4) is 46.0 Å². The third-order valence-corrected chi connectivity index (χ3v) is 4.45. The molecular weight excluding hydrogens is 440 g/mol. The summed E-state index contributed by atoms with van der Waals surface area (Å²) in [5.41, 5.74) is 7.22. The van der Waals surface area contributed by atoms with Crippen LogP contribution < -0.4 is 19.9 Å². The highest BCUT2D eigenvalue weighted by molar-refractivity contribution is 6.32. The van der Waals surface area contributed by atoms with Crippen molar-refractivity contribution >= 4 is 17.4 Å². The Morgan fingerprint density at radius 3 is 2.78 bits per heavy atom. The second-order valence-electron chi connectivity index (χ2n) is 6.20. The second-order valence-corrected chi connectivity index (χ2v) is 6.61. The summed E-state index contributed by atoms with van der Waals surface area (Å²) in [7, 11) is 1.52. The maximum Gasteiger partial charge on any atom is 0.263 e. The van der Waals surface area contributed by atoms with Crippen molar-refractivity contribution in [2.45, 2.75) is 0 Å². The van der Waals surface area contributed by atoms with E-state index in [9.17, 15) is 5.11 Å². The lowest BCUT2D eigenvalue weighted by Crippen LogP contribution is -2.08. The topological polar surface area (TPSA) is 167 Å². The molecule has 0 radical (unpaired) electrons. The number of hydrogen-bond donors (Lipinski definition) is 3. The first-order chi connectivity index (χ1) is 15.6. The molecule has 3 heterocycles. The molecule has 0 saturated heterocycles. The fraction of sp³-hybridized carbons (Fsp3) is 0.158. The van der Waals surface area contributed by atoms with Gasteiger partial charge in [-0.15, -0.1) is 10.2 Å². The lowest BCUT2D eigenvalue weighted by molar-refractivity contribution is 0.193. The van der Waals surface area contributed by atoms with Gasteiger partial charge in [0, 0.05) is 17.8 Å². The number of aromatic nitrogens is 7. The number of benzene rings is 1. The van der Waals surface area contributed by atoms with Crippen LogP contribution in [-0.4, -0.2) is 61.0 Å². The number of pyridine rings is 1. The monoisotopic (exact) mass is 456 g/mol. The number of ether oxygens (including phenoxy) is 3. The summed E-state index contributed by atoms with van der Waals surface area (Å²) in [6.07, 6.45) is 1.55. The Bertz CT molecular complexity index is 1220. The van der Waals surface area contributed by atoms with E-state index in [1.165, 1.54) is 7.11 Å². The quantitative estimate of drug-likeness (QED) is 0.355. The number of rotatable bonds is 8. The average molecular weight is 457 g/mol. The van der Waals surface area contributed by atoms with Crippen molar-refractivity contribution in [3.05, 3.63) is 41.6 Å². The molecule has 0 bridgehead atoms. The van der Waals surface area contributed by atoms with E-state index in [2.05, 4.69) is 35.6 Å². The second kappa shape index (κ2) is 9.41. The van der Waals surface area contributed by atoms with Gasteiger partial charge in [0.1, 0.15) is 23.8 Å². The molecule has 3 aromatic heterocycles. The van der Waals surface area contributed by atoms with Gasteiger partial charge in [-0.05, 0) is 29.5 Å². The number of aliphatic hydroxyl groups is 1. The Morgan fingerprint density at radius 1 is 1.16 bits per heavy atom. The summed E-state index contributed by atoms with van der Waals surface area (Å²) >= 11 is 6.24. The number of nitrogens with two attached hydrogens (primary N) is 1. The van der Waals surface area contributed by atoms with E-state index in [4.69, 9.17) is 31.5 Å². The van der Waals surface area contributed by atoms with Crippen LogP contribution in [0.1, 0.15) is 0 Å². The molecule has 4 rings (SSSR count). The van der Waals surface area contributed by atoms with Gasteiger partial charge in [-0.3, -0.25) is 4.98 Å². The Hall–Kier alpha value is -4.03. The first kappa shape index (κ1) is 21.2. The van der Waals surface area contributed by atoms with Gasteiger partial charge in [0.25, 0.3) is 5.88 Å². The van der Waals surface area contributed by atoms with Gasteiger partial charge in [0.2, 0.25) is 11.6 Å². The minimum atomic E-state index is -0.240. The molecule has 0 fully saturated rings. The van der Waals surface area contributed by atoms with Crippen molar-refractivity contribution in [2.24, 2.45) is 0 Å². The third kappa shape index (κ3) is 4.50. The SMILES string of the molecule is COc1ccc(Cl)c(Oc2c(N)nc(-c3ccnc(-c4nn[nH]n4)c3)nc2OCCO)c1. The first-order valence-corrected chi connectivity index (χ1v) is 9.59. The highest BCUT2D eigenvalue weighted by Crippen LogP contribution is 2.40. The van der Waals surface area contributed by atoms with Crippen LogP contribution in [0.5, 0.6) is 23.1 Å². The Kier molecular flexibility index (Phi) is 6.24. The number of tetrazole rings is 1. The minimum Gasteiger partial charge on any atom is -0.497 e. The highest BCUT2D eigenvalue weighted by Gasteiger charge is 2.20. The van der Waals surface area contributed by atoms with Gasteiger partial charge < -0.3 is 25.1 Å². The van der Waals surface area contributed by atoms with Gasteiger partial charge in [-0.1, -0.05) is 11.6 Å². The molecule has 164 valence electrons. The number of aliphatic hydroxyl groups excluding tert-OH is 1. The molecule has 0 spiro atoms. The zero-order chi connectivity index (χ0) is 22.5. The Labute approximate surface area is 186 Å². The fourth-order valence-electron chi connectivity index (χ4n) is 2.67. The number of anilines is 1. The van der Waals surface area contributed by atoms with Crippen molar-refractivity contribution < 1.29 is 19.3 Å². The van der Waals surface area contributed by atoms with Crippen LogP contribution in [0.4, 0.5) is 5.82 Å². The predicted octanol–water partition coefficient (Wildman–Crippen LogP) is 2.13. The third-order valence-electron chi connectivity index (χ3n) is 4.13. The molecule has 0 amide bonds. The van der Waals surface area contributed by atoms with E-state index < -0.39 is 0 Å². The zero-order valence-electron chi connectivity index (χ0n) is 16.7. The van der Waals surface area contributed by atoms with E-state index in [0.717, 1.165) is 0 Å². The molecule has 0 unspecified atom stereocenters. The molecule has 0 aliphatic heterocycles. The maximum absolute atomic E-state index is 9.21. The van der Waals surface area contributed by atoms with Gasteiger partial charge in [0.05, 0.1) is 18.7 Å². The molecule has 0 saturated carbocycles. The number of H-pyrrole nitrogens is 1. The van der Waals surface area contributed by atoms with Crippen molar-refractivity contribution in [2.75, 3.05) is 26.1 Å². The molecule has 4 N–H and O–H groups in total. The minimum absolute atomic E-state index is 0.000232. The summed E-state index contributed by atoms with van der Waals surface area (Å²) in [6, 6.07) is 8.26. The van der Waals surface area contributed by atoms with Crippen molar-refractivity contribution in [3.63, 3.8) is 0 Å². The Balaban J connectivity index is 1.74. The number of aromatic amines is 1. The first-order valence-electron chi connectivity index (χ1n) is 9.22. The zero-order valence-corrected chi connectivity index (χ0v) is 17.4. The normalized spacial score (nSPS) is 10.7. The molecule has 13 heteroatoms. The van der Waals surface area contributed by atoms with Gasteiger partial charge >= 0.3 is 0 Å². The summed E-state index contributed by atoms with van der Waals surface area (Å²) in [5, 5.41) is 23.2. The van der Waals surface area contributed by atoms with Crippen LogP contribution in [0.3, 0.4) is 0 Å². The van der Waals surface area contributed by atoms with Crippen LogP contribution in [0, 0.1) is 0 Å². The van der Waals surface area contributed by atoms with E-state index >= 15 is 0 Å². The van der Waals surface area contributed by atoms with Gasteiger partial charge in [-0.2, -0.15) is 10.2 Å². The van der Waals surface area contributed by atoms with E-state index in [1.807, 2.05) is 0 Å². The number of hydrogen-bond acceptors (Lipinski definition) is 11. The predicted molar refractivity (Wildman–Crippen MR) is 114 cm³/mol. The summed E-state index contributed by atoms with van der Waals surface area (Å²) in [5.74, 6) is 1.43. The van der Waals surface area contributed by atoms with Crippen LogP contribution in [0.25, 0.3) is 22.9 Å². The molecule has 12 nitrogen and oxygen atoms in total. The van der Waals surface area contributed by atoms with Crippen molar-refractivity contribution in [1.82, 2.24) is 35.6 Å². The fourth-order valence-corrected chi connectivity index (χ4v) is 2.83. The molecular formula is C19H17ClN8O4. The lowest BCUT2D eigenvalue weighted by Gasteiger charge is -2.15. The Morgan fingerprint density at radius 2 is 2.03 bits per heavy atom. The molecule has 0 aliphatic rings. The largest absolute Gasteiger partial charge is 0.497 e. The van der Waals surface area contributed by atoms with Crippen LogP contribution in [0.2, 0.25) is 5.02 Å². The number of nitrogens with zero attached hydrogens (tertiary/aromatic N) is 6. The molecule has 0 aliphatic carbocycles. The number of halogens is 1. The number of nitrogen functional groups attached to an aromatic ring is 1. The maximum atomic E-state index is 9.21. The van der Waals surface area contributed by atoms with Crippen LogP contribution >= 0.6 is 11.6 Å². The highest BCUT2D eigenvalue weighted by atomic mass is 35.5. The standard InChI is InChI=1S/C19H17ClN8O4/c1-30-11-2-3-12(20)14(9-11)32-15-16(21)23-17(24-19(15)31-7-6-29)10-4-5-22-13(8-10)18-25-27-28-26-18/h2-5,8-9,29H,6-7H2,1H3,(H2,21,23,24)(H,25,26,27,28). The smallest absolute Gasteiger partial charge is 0.263 e. The van der Waals surface area contributed by atoms with E-state index in [1.54, 1.807) is 36.5 Å². The number of nitrogens with one attached hydrogen (secondary N) is 1.